The van der Waals surface area contributed by atoms with E-state index in [1.165, 1.54) is 0 Å². The second kappa shape index (κ2) is 9.24. The van der Waals surface area contributed by atoms with Crippen LogP contribution in [-0.4, -0.2) is 37.2 Å². The number of hydrogen-bond acceptors (Lipinski definition) is 4. The zero-order chi connectivity index (χ0) is 18.1. The van der Waals surface area contributed by atoms with Crippen LogP contribution in [0.2, 0.25) is 0 Å². The highest BCUT2D eigenvalue weighted by Crippen LogP contribution is 2.12. The van der Waals surface area contributed by atoms with Gasteiger partial charge in [0.1, 0.15) is 11.4 Å². The van der Waals surface area contributed by atoms with Crippen molar-refractivity contribution in [2.45, 2.75) is 0 Å². The largest absolute Gasteiger partial charge is 0.497 e. The first kappa shape index (κ1) is 18.2. The molecule has 6 heteroatoms. The number of amides is 2. The van der Waals surface area contributed by atoms with Crippen LogP contribution in [0.15, 0.2) is 60.3 Å². The van der Waals surface area contributed by atoms with E-state index >= 15 is 0 Å². The molecule has 0 spiro atoms. The van der Waals surface area contributed by atoms with Gasteiger partial charge in [-0.3, -0.25) is 9.59 Å². The number of nitrogens with one attached hydrogen (secondary N) is 2. The van der Waals surface area contributed by atoms with E-state index in [0.29, 0.717) is 11.3 Å². The molecule has 2 aromatic carbocycles. The lowest BCUT2D eigenvalue weighted by atomic mass is 10.1. The van der Waals surface area contributed by atoms with Crippen molar-refractivity contribution >= 4 is 17.9 Å². The SMILES string of the molecule is COc1ccc(C(=O)NC(=Cc2ccccc2)C(=O)NCCO)cc1. The maximum atomic E-state index is 12.4. The molecule has 25 heavy (non-hydrogen) atoms. The highest BCUT2D eigenvalue weighted by atomic mass is 16.5. The minimum absolute atomic E-state index is 0.0977. The van der Waals surface area contributed by atoms with Crippen LogP contribution in [0.3, 0.4) is 0 Å². The van der Waals surface area contributed by atoms with Gasteiger partial charge in [0.05, 0.1) is 13.7 Å². The van der Waals surface area contributed by atoms with Gasteiger partial charge >= 0.3 is 0 Å². The summed E-state index contributed by atoms with van der Waals surface area (Å²) >= 11 is 0. The molecule has 0 aliphatic rings. The van der Waals surface area contributed by atoms with Crippen molar-refractivity contribution < 1.29 is 19.4 Å². The molecular weight excluding hydrogens is 320 g/mol. The summed E-state index contributed by atoms with van der Waals surface area (Å²) in [7, 11) is 1.54. The molecule has 2 rings (SSSR count). The minimum atomic E-state index is -0.472. The molecule has 6 nitrogen and oxygen atoms in total. The molecule has 0 fully saturated rings. The molecule has 0 saturated carbocycles. The van der Waals surface area contributed by atoms with Crippen molar-refractivity contribution in [1.82, 2.24) is 10.6 Å². The Hall–Kier alpha value is -3.12. The highest BCUT2D eigenvalue weighted by Gasteiger charge is 2.14. The fourth-order valence-corrected chi connectivity index (χ4v) is 2.08. The summed E-state index contributed by atoms with van der Waals surface area (Å²) in [6.45, 7) is -0.0832. The second-order valence-corrected chi connectivity index (χ2v) is 5.13. The van der Waals surface area contributed by atoms with Crippen LogP contribution < -0.4 is 15.4 Å². The predicted molar refractivity (Wildman–Crippen MR) is 95.0 cm³/mol. The van der Waals surface area contributed by atoms with Gasteiger partial charge in [0.25, 0.3) is 11.8 Å². The summed E-state index contributed by atoms with van der Waals surface area (Å²) in [5.41, 5.74) is 1.27. The van der Waals surface area contributed by atoms with E-state index in [2.05, 4.69) is 10.6 Å². The smallest absolute Gasteiger partial charge is 0.267 e. The van der Waals surface area contributed by atoms with Gasteiger partial charge in [-0.05, 0) is 35.9 Å². The molecule has 2 aromatic rings. The quantitative estimate of drug-likeness (QED) is 0.668. The minimum Gasteiger partial charge on any atom is -0.497 e. The molecule has 130 valence electrons. The zero-order valence-electron chi connectivity index (χ0n) is 13.9. The predicted octanol–water partition coefficient (Wildman–Crippen LogP) is 1.57. The maximum Gasteiger partial charge on any atom is 0.267 e. The number of benzene rings is 2. The third-order valence-electron chi connectivity index (χ3n) is 3.35. The molecule has 0 bridgehead atoms. The van der Waals surface area contributed by atoms with Gasteiger partial charge in [-0.2, -0.15) is 0 Å². The van der Waals surface area contributed by atoms with Crippen molar-refractivity contribution in [3.05, 3.63) is 71.4 Å². The molecular formula is C19H20N2O4. The van der Waals surface area contributed by atoms with Crippen LogP contribution in [0, 0.1) is 0 Å². The molecule has 2 amide bonds. The maximum absolute atomic E-state index is 12.4. The molecule has 0 aliphatic carbocycles. The van der Waals surface area contributed by atoms with E-state index in [0.717, 1.165) is 5.56 Å². The van der Waals surface area contributed by atoms with Gasteiger partial charge in [-0.25, -0.2) is 0 Å². The van der Waals surface area contributed by atoms with Crippen LogP contribution >= 0.6 is 0 Å². The Balaban J connectivity index is 2.20. The summed E-state index contributed by atoms with van der Waals surface area (Å²) < 4.78 is 5.06. The normalized spacial score (nSPS) is 10.9. The van der Waals surface area contributed by atoms with Gasteiger partial charge in [-0.1, -0.05) is 30.3 Å². The van der Waals surface area contributed by atoms with Crippen molar-refractivity contribution in [2.75, 3.05) is 20.3 Å². The Labute approximate surface area is 146 Å². The Bertz CT molecular complexity index is 740. The Morgan fingerprint density at radius 3 is 2.36 bits per heavy atom. The first-order chi connectivity index (χ1) is 12.1. The number of carbonyl (C=O) groups is 2. The number of aliphatic hydroxyl groups excluding tert-OH is 1. The van der Waals surface area contributed by atoms with E-state index < -0.39 is 11.8 Å². The molecule has 0 radical (unpaired) electrons. The zero-order valence-corrected chi connectivity index (χ0v) is 13.9. The number of rotatable bonds is 7. The summed E-state index contributed by atoms with van der Waals surface area (Å²) in [4.78, 5) is 24.6. The second-order valence-electron chi connectivity index (χ2n) is 5.13. The number of aliphatic hydroxyl groups is 1. The van der Waals surface area contributed by atoms with Gasteiger partial charge in [0.2, 0.25) is 0 Å². The van der Waals surface area contributed by atoms with Gasteiger partial charge < -0.3 is 20.5 Å². The van der Waals surface area contributed by atoms with Crippen molar-refractivity contribution in [2.24, 2.45) is 0 Å². The van der Waals surface area contributed by atoms with Crippen LogP contribution in [0.25, 0.3) is 6.08 Å². The van der Waals surface area contributed by atoms with E-state index in [9.17, 15) is 9.59 Å². The van der Waals surface area contributed by atoms with Crippen LogP contribution in [-0.2, 0) is 4.79 Å². The van der Waals surface area contributed by atoms with E-state index in [1.54, 1.807) is 37.5 Å². The Morgan fingerprint density at radius 2 is 1.76 bits per heavy atom. The average molecular weight is 340 g/mol. The molecule has 0 saturated heterocycles. The van der Waals surface area contributed by atoms with Crippen molar-refractivity contribution in [3.8, 4) is 5.75 Å². The van der Waals surface area contributed by atoms with E-state index in [-0.39, 0.29) is 18.8 Å². The van der Waals surface area contributed by atoms with Gasteiger partial charge in [0.15, 0.2) is 0 Å². The van der Waals surface area contributed by atoms with Crippen molar-refractivity contribution in [1.29, 1.82) is 0 Å². The van der Waals surface area contributed by atoms with E-state index in [4.69, 9.17) is 9.84 Å². The Morgan fingerprint density at radius 1 is 1.08 bits per heavy atom. The third-order valence-corrected chi connectivity index (χ3v) is 3.35. The first-order valence-corrected chi connectivity index (χ1v) is 7.75. The monoisotopic (exact) mass is 340 g/mol. The number of carbonyl (C=O) groups excluding carboxylic acids is 2. The number of ether oxygens (including phenoxy) is 1. The molecule has 0 aromatic heterocycles. The van der Waals surface area contributed by atoms with Crippen LogP contribution in [0.1, 0.15) is 15.9 Å². The van der Waals surface area contributed by atoms with Gasteiger partial charge in [0, 0.05) is 12.1 Å². The summed E-state index contributed by atoms with van der Waals surface area (Å²) in [5, 5.41) is 14.0. The van der Waals surface area contributed by atoms with E-state index in [1.807, 2.05) is 30.3 Å². The molecule has 0 atom stereocenters. The highest BCUT2D eigenvalue weighted by molar-refractivity contribution is 6.05. The number of hydrogen-bond donors (Lipinski definition) is 3. The summed E-state index contributed by atoms with van der Waals surface area (Å²) in [6.07, 6.45) is 1.58. The lowest BCUT2D eigenvalue weighted by Crippen LogP contribution is -2.36. The topological polar surface area (TPSA) is 87.7 Å². The van der Waals surface area contributed by atoms with Crippen molar-refractivity contribution in [3.63, 3.8) is 0 Å². The molecule has 3 N–H and O–H groups in total. The lowest BCUT2D eigenvalue weighted by molar-refractivity contribution is -0.117. The lowest BCUT2D eigenvalue weighted by Gasteiger charge is -2.11. The van der Waals surface area contributed by atoms with Crippen LogP contribution in [0.5, 0.6) is 5.75 Å². The molecule has 0 heterocycles. The first-order valence-electron chi connectivity index (χ1n) is 7.75. The fraction of sp³-hybridized carbons (Fsp3) is 0.158. The molecule has 0 aliphatic heterocycles. The summed E-state index contributed by atoms with van der Waals surface area (Å²) in [6, 6.07) is 15.7. The number of methoxy groups -OCH3 is 1. The van der Waals surface area contributed by atoms with Gasteiger partial charge in [-0.15, -0.1) is 0 Å². The average Bonchev–Trinajstić information content (AvgIpc) is 2.66. The molecule has 0 unspecified atom stereocenters. The van der Waals surface area contributed by atoms with Crippen LogP contribution in [0.4, 0.5) is 0 Å². The summed E-state index contributed by atoms with van der Waals surface area (Å²) in [5.74, 6) is -0.249. The fourth-order valence-electron chi connectivity index (χ4n) is 2.08. The third kappa shape index (κ3) is 5.47. The Kier molecular flexibility index (Phi) is 6.74. The standard InChI is InChI=1S/C19H20N2O4/c1-25-16-9-7-15(8-10-16)18(23)21-17(19(24)20-11-12-22)13-14-5-3-2-4-6-14/h2-10,13,22H,11-12H2,1H3,(H,20,24)(H,21,23).